The van der Waals surface area contributed by atoms with Gasteiger partial charge in [0, 0.05) is 31.6 Å². The Bertz CT molecular complexity index is 595. The molecule has 0 saturated heterocycles. The quantitative estimate of drug-likeness (QED) is 0.885. The zero-order valence-corrected chi connectivity index (χ0v) is 11.6. The number of hydrogen-bond donors (Lipinski definition) is 2. The van der Waals surface area contributed by atoms with Crippen molar-refractivity contribution >= 4 is 0 Å². The first-order valence-electron chi connectivity index (χ1n) is 6.85. The third kappa shape index (κ3) is 2.55. The molecule has 106 valence electrons. The minimum atomic E-state index is 0.201. The molecule has 0 fully saturated rings. The number of aliphatic hydroxyl groups excluding tert-OH is 1. The number of ether oxygens (including phenoxy) is 1. The highest BCUT2D eigenvalue weighted by Gasteiger charge is 2.20. The molecule has 5 nitrogen and oxygen atoms in total. The average Bonchev–Trinajstić information content (AvgIpc) is 2.91. The molecule has 20 heavy (non-hydrogen) atoms. The monoisotopic (exact) mass is 273 g/mol. The van der Waals surface area contributed by atoms with Crippen LogP contribution in [0.1, 0.15) is 11.4 Å². The first kappa shape index (κ1) is 13.1. The number of rotatable bonds is 4. The van der Waals surface area contributed by atoms with Gasteiger partial charge in [0.1, 0.15) is 11.6 Å². The Balaban J connectivity index is 1.86. The molecule has 2 aromatic rings. The third-order valence-electron chi connectivity index (χ3n) is 3.67. The van der Waals surface area contributed by atoms with E-state index in [9.17, 15) is 0 Å². The van der Waals surface area contributed by atoms with Crippen LogP contribution in [0.3, 0.4) is 0 Å². The van der Waals surface area contributed by atoms with Crippen LogP contribution in [0.2, 0.25) is 0 Å². The van der Waals surface area contributed by atoms with Crippen molar-refractivity contribution in [2.24, 2.45) is 0 Å². The Kier molecular flexibility index (Phi) is 3.71. The van der Waals surface area contributed by atoms with Gasteiger partial charge in [-0.2, -0.15) is 0 Å². The van der Waals surface area contributed by atoms with Gasteiger partial charge in [-0.15, -0.1) is 0 Å². The van der Waals surface area contributed by atoms with E-state index in [-0.39, 0.29) is 6.61 Å². The molecule has 1 aromatic carbocycles. The Labute approximate surface area is 118 Å². The lowest BCUT2D eigenvalue weighted by Crippen LogP contribution is -2.32. The maximum Gasteiger partial charge on any atom is 0.137 e. The van der Waals surface area contributed by atoms with Gasteiger partial charge >= 0.3 is 0 Å². The van der Waals surface area contributed by atoms with E-state index in [4.69, 9.17) is 14.8 Å². The lowest BCUT2D eigenvalue weighted by Gasteiger charge is -2.24. The number of β-amino-alcohol motifs (C(OH)–C–C–N with tert-alkyl or cyclic N) is 1. The Morgan fingerprint density at radius 1 is 1.45 bits per heavy atom. The van der Waals surface area contributed by atoms with Crippen molar-refractivity contribution in [1.29, 1.82) is 0 Å². The van der Waals surface area contributed by atoms with Gasteiger partial charge in [0.25, 0.3) is 0 Å². The number of aromatic amines is 1. The van der Waals surface area contributed by atoms with Crippen LogP contribution in [0.5, 0.6) is 5.75 Å². The minimum absolute atomic E-state index is 0.201. The highest BCUT2D eigenvalue weighted by atomic mass is 16.5. The van der Waals surface area contributed by atoms with E-state index < -0.39 is 0 Å². The van der Waals surface area contributed by atoms with Gasteiger partial charge in [0.15, 0.2) is 0 Å². The van der Waals surface area contributed by atoms with Gasteiger partial charge in [-0.1, -0.05) is 12.1 Å². The van der Waals surface area contributed by atoms with E-state index >= 15 is 0 Å². The summed E-state index contributed by atoms with van der Waals surface area (Å²) in [5.74, 6) is 1.72. The fourth-order valence-corrected chi connectivity index (χ4v) is 2.59. The number of aliphatic hydroxyl groups is 1. The molecule has 3 rings (SSSR count). The normalized spacial score (nSPS) is 15.1. The molecule has 0 aliphatic carbocycles. The average molecular weight is 273 g/mol. The SMILES string of the molecule is COc1cccc(-c2nc3c([nH]2)CN(CCO)CC3)c1. The Hall–Kier alpha value is -1.85. The summed E-state index contributed by atoms with van der Waals surface area (Å²) in [6, 6.07) is 7.90. The topological polar surface area (TPSA) is 61.4 Å². The van der Waals surface area contributed by atoms with Crippen LogP contribution >= 0.6 is 0 Å². The molecular weight excluding hydrogens is 254 g/mol. The summed E-state index contributed by atoms with van der Waals surface area (Å²) in [6.07, 6.45) is 0.926. The largest absolute Gasteiger partial charge is 0.497 e. The van der Waals surface area contributed by atoms with Crippen LogP contribution in [-0.2, 0) is 13.0 Å². The second kappa shape index (κ2) is 5.64. The Morgan fingerprint density at radius 3 is 3.15 bits per heavy atom. The lowest BCUT2D eigenvalue weighted by molar-refractivity contribution is 0.182. The van der Waals surface area contributed by atoms with Crippen LogP contribution in [0.4, 0.5) is 0 Å². The van der Waals surface area contributed by atoms with Crippen molar-refractivity contribution in [3.8, 4) is 17.1 Å². The van der Waals surface area contributed by atoms with Gasteiger partial charge in [-0.3, -0.25) is 4.90 Å². The highest BCUT2D eigenvalue weighted by molar-refractivity contribution is 5.58. The molecule has 0 saturated carbocycles. The maximum atomic E-state index is 9.03. The highest BCUT2D eigenvalue weighted by Crippen LogP contribution is 2.25. The van der Waals surface area contributed by atoms with Crippen molar-refractivity contribution in [2.75, 3.05) is 26.8 Å². The molecule has 0 spiro atoms. The predicted molar refractivity (Wildman–Crippen MR) is 76.6 cm³/mol. The van der Waals surface area contributed by atoms with Crippen molar-refractivity contribution in [3.05, 3.63) is 35.7 Å². The standard InChI is InChI=1S/C15H19N3O2/c1-20-12-4-2-3-11(9-12)15-16-13-5-6-18(7-8-19)10-14(13)17-15/h2-4,9,19H,5-8,10H2,1H3,(H,16,17). The number of hydrogen-bond acceptors (Lipinski definition) is 4. The summed E-state index contributed by atoms with van der Waals surface area (Å²) >= 11 is 0. The van der Waals surface area contributed by atoms with E-state index in [2.05, 4.69) is 9.88 Å². The van der Waals surface area contributed by atoms with Gasteiger partial charge in [0.2, 0.25) is 0 Å². The minimum Gasteiger partial charge on any atom is -0.497 e. The summed E-state index contributed by atoms with van der Waals surface area (Å²) < 4.78 is 5.25. The maximum absolute atomic E-state index is 9.03. The predicted octanol–water partition coefficient (Wildman–Crippen LogP) is 1.44. The molecule has 0 radical (unpaired) electrons. The second-order valence-corrected chi connectivity index (χ2v) is 4.99. The third-order valence-corrected chi connectivity index (χ3v) is 3.67. The van der Waals surface area contributed by atoms with Gasteiger partial charge in [-0.05, 0) is 12.1 Å². The molecule has 0 amide bonds. The van der Waals surface area contributed by atoms with E-state index in [0.29, 0.717) is 6.54 Å². The molecule has 1 aliphatic heterocycles. The van der Waals surface area contributed by atoms with Crippen LogP contribution in [-0.4, -0.2) is 46.8 Å². The number of nitrogens with zero attached hydrogens (tertiary/aromatic N) is 2. The molecular formula is C15H19N3O2. The number of nitrogens with one attached hydrogen (secondary N) is 1. The summed E-state index contributed by atoms with van der Waals surface area (Å²) in [7, 11) is 1.67. The molecule has 0 unspecified atom stereocenters. The molecule has 5 heteroatoms. The Morgan fingerprint density at radius 2 is 2.35 bits per heavy atom. The fraction of sp³-hybridized carbons (Fsp3) is 0.400. The van der Waals surface area contributed by atoms with Gasteiger partial charge < -0.3 is 14.8 Å². The molecule has 2 N–H and O–H groups in total. The van der Waals surface area contributed by atoms with Crippen LogP contribution in [0.15, 0.2) is 24.3 Å². The summed E-state index contributed by atoms with van der Waals surface area (Å²) in [6.45, 7) is 2.70. The summed E-state index contributed by atoms with van der Waals surface area (Å²) in [5.41, 5.74) is 3.33. The van der Waals surface area contributed by atoms with Crippen molar-refractivity contribution in [1.82, 2.24) is 14.9 Å². The van der Waals surface area contributed by atoms with Gasteiger partial charge in [0.05, 0.1) is 25.1 Å². The molecule has 1 aliphatic rings. The van der Waals surface area contributed by atoms with Crippen molar-refractivity contribution in [2.45, 2.75) is 13.0 Å². The number of imidazole rings is 1. The van der Waals surface area contributed by atoms with E-state index in [0.717, 1.165) is 48.0 Å². The van der Waals surface area contributed by atoms with Crippen LogP contribution in [0, 0.1) is 0 Å². The fourth-order valence-electron chi connectivity index (χ4n) is 2.59. The number of aromatic nitrogens is 2. The number of H-pyrrole nitrogens is 1. The number of methoxy groups -OCH3 is 1. The first-order chi connectivity index (χ1) is 9.80. The molecule has 0 bridgehead atoms. The first-order valence-corrected chi connectivity index (χ1v) is 6.85. The van der Waals surface area contributed by atoms with Crippen molar-refractivity contribution in [3.63, 3.8) is 0 Å². The van der Waals surface area contributed by atoms with E-state index in [1.807, 2.05) is 24.3 Å². The van der Waals surface area contributed by atoms with E-state index in [1.54, 1.807) is 7.11 Å². The second-order valence-electron chi connectivity index (χ2n) is 4.99. The van der Waals surface area contributed by atoms with E-state index in [1.165, 1.54) is 0 Å². The zero-order chi connectivity index (χ0) is 13.9. The van der Waals surface area contributed by atoms with Crippen LogP contribution < -0.4 is 4.74 Å². The smallest absolute Gasteiger partial charge is 0.137 e. The zero-order valence-electron chi connectivity index (χ0n) is 11.6. The molecule has 2 heterocycles. The van der Waals surface area contributed by atoms with Crippen molar-refractivity contribution < 1.29 is 9.84 Å². The molecule has 1 aromatic heterocycles. The lowest BCUT2D eigenvalue weighted by atomic mass is 10.1. The van der Waals surface area contributed by atoms with Crippen LogP contribution in [0.25, 0.3) is 11.4 Å². The number of fused-ring (bicyclic) bond motifs is 1. The molecule has 0 atom stereocenters. The van der Waals surface area contributed by atoms with Gasteiger partial charge in [-0.25, -0.2) is 4.98 Å². The summed E-state index contributed by atoms with van der Waals surface area (Å²) in [4.78, 5) is 10.3. The number of benzene rings is 1. The summed E-state index contributed by atoms with van der Waals surface area (Å²) in [5, 5.41) is 9.03.